The number of fused-ring (bicyclic) bond motifs is 1. The maximum absolute atomic E-state index is 12.3. The first-order valence-electron chi connectivity index (χ1n) is 8.21. The Bertz CT molecular complexity index is 1090. The molecule has 7 nitrogen and oxygen atoms in total. The number of ether oxygens (including phenoxy) is 1. The standard InChI is InChI=1S/C19H17N3O4S/c1-3-21-18-15(26-2)5-4-6-16(18)27-19(21)20-17(23)12-9-13-7-10-14(11-8-13)22(24)25/h4-12H,3H2,1-2H3. The van der Waals surface area contributed by atoms with Crippen molar-refractivity contribution in [2.24, 2.45) is 4.99 Å². The number of nitrogens with zero attached hydrogens (tertiary/aromatic N) is 3. The van der Waals surface area contributed by atoms with Gasteiger partial charge in [-0.15, -0.1) is 0 Å². The van der Waals surface area contributed by atoms with E-state index in [-0.39, 0.29) is 5.69 Å². The van der Waals surface area contributed by atoms with Crippen molar-refractivity contribution in [3.05, 3.63) is 69.0 Å². The lowest BCUT2D eigenvalue weighted by molar-refractivity contribution is -0.384. The van der Waals surface area contributed by atoms with Gasteiger partial charge in [0.1, 0.15) is 11.3 Å². The van der Waals surface area contributed by atoms with E-state index in [4.69, 9.17) is 4.74 Å². The van der Waals surface area contributed by atoms with Crippen LogP contribution in [0.25, 0.3) is 16.3 Å². The Morgan fingerprint density at radius 1 is 1.30 bits per heavy atom. The quantitative estimate of drug-likeness (QED) is 0.381. The van der Waals surface area contributed by atoms with Crippen molar-refractivity contribution in [1.29, 1.82) is 0 Å². The molecule has 0 saturated heterocycles. The number of benzene rings is 2. The molecule has 0 saturated carbocycles. The molecule has 27 heavy (non-hydrogen) atoms. The summed E-state index contributed by atoms with van der Waals surface area (Å²) in [7, 11) is 1.61. The average molecular weight is 383 g/mol. The summed E-state index contributed by atoms with van der Waals surface area (Å²) < 4.78 is 8.35. The van der Waals surface area contributed by atoms with Crippen molar-refractivity contribution in [3.63, 3.8) is 0 Å². The molecule has 1 aromatic heterocycles. The minimum absolute atomic E-state index is 0.00590. The first-order chi connectivity index (χ1) is 13.0. The normalized spacial score (nSPS) is 12.0. The third-order valence-corrected chi connectivity index (χ3v) is 4.97. The molecule has 138 valence electrons. The molecule has 0 N–H and O–H groups in total. The van der Waals surface area contributed by atoms with Crippen molar-refractivity contribution in [2.75, 3.05) is 7.11 Å². The van der Waals surface area contributed by atoms with E-state index in [1.807, 2.05) is 29.7 Å². The average Bonchev–Trinajstić information content (AvgIpc) is 3.03. The van der Waals surface area contributed by atoms with Crippen molar-refractivity contribution < 1.29 is 14.5 Å². The summed E-state index contributed by atoms with van der Waals surface area (Å²) in [5, 5.41) is 10.7. The number of hydrogen-bond donors (Lipinski definition) is 0. The van der Waals surface area contributed by atoms with E-state index < -0.39 is 10.8 Å². The van der Waals surface area contributed by atoms with Gasteiger partial charge in [0.2, 0.25) is 0 Å². The van der Waals surface area contributed by atoms with E-state index in [0.717, 1.165) is 16.0 Å². The minimum atomic E-state index is -0.465. The molecule has 0 unspecified atom stereocenters. The van der Waals surface area contributed by atoms with E-state index in [1.165, 1.54) is 29.5 Å². The topological polar surface area (TPSA) is 86.7 Å². The highest BCUT2D eigenvalue weighted by atomic mass is 32.1. The predicted octanol–water partition coefficient (Wildman–Crippen LogP) is 3.78. The van der Waals surface area contributed by atoms with Gasteiger partial charge in [0, 0.05) is 24.8 Å². The SMILES string of the molecule is CCn1c(=NC(=O)C=Cc2ccc([N+](=O)[O-])cc2)sc2cccc(OC)c21. The fraction of sp³-hybridized carbons (Fsp3) is 0.158. The lowest BCUT2D eigenvalue weighted by atomic mass is 10.2. The number of nitro groups is 1. The van der Waals surface area contributed by atoms with Gasteiger partial charge in [-0.05, 0) is 42.8 Å². The van der Waals surface area contributed by atoms with Crippen LogP contribution in [0.5, 0.6) is 5.75 Å². The maximum atomic E-state index is 12.3. The van der Waals surface area contributed by atoms with Crippen LogP contribution in [0.4, 0.5) is 5.69 Å². The molecule has 0 aliphatic carbocycles. The molecule has 0 aliphatic rings. The van der Waals surface area contributed by atoms with Crippen LogP contribution in [0.1, 0.15) is 12.5 Å². The molecule has 0 atom stereocenters. The van der Waals surface area contributed by atoms with Crippen molar-refractivity contribution in [2.45, 2.75) is 13.5 Å². The van der Waals surface area contributed by atoms with Crippen molar-refractivity contribution in [3.8, 4) is 5.75 Å². The summed E-state index contributed by atoms with van der Waals surface area (Å²) in [6, 6.07) is 11.7. The second-order valence-corrected chi connectivity index (χ2v) is 6.58. The lowest BCUT2D eigenvalue weighted by Crippen LogP contribution is -2.15. The summed E-state index contributed by atoms with van der Waals surface area (Å²) in [4.78, 5) is 27.3. The molecular formula is C19H17N3O4S. The second kappa shape index (κ2) is 7.96. The van der Waals surface area contributed by atoms with Crippen LogP contribution in [0.3, 0.4) is 0 Å². The molecular weight excluding hydrogens is 366 g/mol. The zero-order valence-corrected chi connectivity index (χ0v) is 15.6. The fourth-order valence-electron chi connectivity index (χ4n) is 2.65. The number of aromatic nitrogens is 1. The first kappa shape index (κ1) is 18.5. The molecule has 0 bridgehead atoms. The summed E-state index contributed by atoms with van der Waals surface area (Å²) in [6.07, 6.45) is 2.93. The van der Waals surface area contributed by atoms with Crippen LogP contribution in [0, 0.1) is 10.1 Å². The van der Waals surface area contributed by atoms with Gasteiger partial charge in [0.05, 0.1) is 16.7 Å². The van der Waals surface area contributed by atoms with Gasteiger partial charge in [-0.25, -0.2) is 0 Å². The highest BCUT2D eigenvalue weighted by Gasteiger charge is 2.10. The molecule has 3 rings (SSSR count). The molecule has 0 radical (unpaired) electrons. The predicted molar refractivity (Wildman–Crippen MR) is 105 cm³/mol. The highest BCUT2D eigenvalue weighted by Crippen LogP contribution is 2.27. The van der Waals surface area contributed by atoms with Crippen LogP contribution in [0.15, 0.2) is 53.5 Å². The largest absolute Gasteiger partial charge is 0.495 e. The Balaban J connectivity index is 1.92. The van der Waals surface area contributed by atoms with Crippen molar-refractivity contribution >= 4 is 39.2 Å². The Morgan fingerprint density at radius 3 is 2.67 bits per heavy atom. The number of amides is 1. The monoisotopic (exact) mass is 383 g/mol. The number of rotatable bonds is 5. The van der Waals surface area contributed by atoms with Gasteiger partial charge in [0.15, 0.2) is 4.80 Å². The minimum Gasteiger partial charge on any atom is -0.495 e. The number of thiazole rings is 1. The summed E-state index contributed by atoms with van der Waals surface area (Å²) in [5.41, 5.74) is 1.61. The molecule has 1 amide bonds. The van der Waals surface area contributed by atoms with Crippen molar-refractivity contribution in [1.82, 2.24) is 4.57 Å². The van der Waals surface area contributed by atoms with E-state index >= 15 is 0 Å². The summed E-state index contributed by atoms with van der Waals surface area (Å²) >= 11 is 1.42. The number of aryl methyl sites for hydroxylation is 1. The van der Waals surface area contributed by atoms with Gasteiger partial charge < -0.3 is 9.30 Å². The second-order valence-electron chi connectivity index (χ2n) is 5.57. The zero-order chi connectivity index (χ0) is 19.4. The number of para-hydroxylation sites is 1. The molecule has 2 aromatic carbocycles. The smallest absolute Gasteiger partial charge is 0.272 e. The number of methoxy groups -OCH3 is 1. The van der Waals surface area contributed by atoms with E-state index in [1.54, 1.807) is 25.3 Å². The molecule has 1 heterocycles. The fourth-order valence-corrected chi connectivity index (χ4v) is 3.76. The van der Waals surface area contributed by atoms with Gasteiger partial charge in [-0.2, -0.15) is 4.99 Å². The van der Waals surface area contributed by atoms with E-state index in [2.05, 4.69) is 4.99 Å². The van der Waals surface area contributed by atoms with Crippen LogP contribution >= 0.6 is 11.3 Å². The van der Waals surface area contributed by atoms with Gasteiger partial charge in [-0.3, -0.25) is 14.9 Å². The lowest BCUT2D eigenvalue weighted by Gasteiger charge is -2.05. The Hall–Kier alpha value is -3.26. The molecule has 0 spiro atoms. The molecule has 3 aromatic rings. The summed E-state index contributed by atoms with van der Waals surface area (Å²) in [6.45, 7) is 2.63. The van der Waals surface area contributed by atoms with Gasteiger partial charge in [-0.1, -0.05) is 17.4 Å². The number of non-ortho nitro benzene ring substituents is 1. The first-order valence-corrected chi connectivity index (χ1v) is 9.02. The third kappa shape index (κ3) is 3.95. The highest BCUT2D eigenvalue weighted by molar-refractivity contribution is 7.16. The summed E-state index contributed by atoms with van der Waals surface area (Å²) in [5.74, 6) is 0.335. The van der Waals surface area contributed by atoms with E-state index in [0.29, 0.717) is 16.9 Å². The molecule has 0 aliphatic heterocycles. The maximum Gasteiger partial charge on any atom is 0.272 e. The third-order valence-electron chi connectivity index (χ3n) is 3.93. The Morgan fingerprint density at radius 2 is 2.04 bits per heavy atom. The number of carbonyl (C=O) groups is 1. The van der Waals surface area contributed by atoms with Gasteiger partial charge in [0.25, 0.3) is 11.6 Å². The van der Waals surface area contributed by atoms with Crippen LogP contribution in [-0.2, 0) is 11.3 Å². The zero-order valence-electron chi connectivity index (χ0n) is 14.8. The van der Waals surface area contributed by atoms with Crippen LogP contribution < -0.4 is 9.54 Å². The number of nitro benzene ring substituents is 1. The Kier molecular flexibility index (Phi) is 5.46. The Labute approximate surface area is 159 Å². The van der Waals surface area contributed by atoms with E-state index in [9.17, 15) is 14.9 Å². The molecule has 0 fully saturated rings. The molecule has 8 heteroatoms. The number of hydrogen-bond acceptors (Lipinski definition) is 5. The van der Waals surface area contributed by atoms with Crippen LogP contribution in [-0.4, -0.2) is 22.5 Å². The van der Waals surface area contributed by atoms with Gasteiger partial charge >= 0.3 is 0 Å². The number of carbonyl (C=O) groups excluding carboxylic acids is 1. The van der Waals surface area contributed by atoms with Crippen LogP contribution in [0.2, 0.25) is 0 Å².